The van der Waals surface area contributed by atoms with Gasteiger partial charge in [-0.05, 0) is 24.5 Å². The van der Waals surface area contributed by atoms with Crippen molar-refractivity contribution in [3.8, 4) is 0 Å². The van der Waals surface area contributed by atoms with E-state index < -0.39 is 6.23 Å². The molecule has 0 saturated carbocycles. The molecule has 2 saturated heterocycles. The Morgan fingerprint density at radius 1 is 1.28 bits per heavy atom. The first kappa shape index (κ1) is 16.7. The molecule has 0 aromatic rings. The van der Waals surface area contributed by atoms with Gasteiger partial charge in [-0.15, -0.1) is 0 Å². The van der Waals surface area contributed by atoms with Crippen molar-refractivity contribution in [2.24, 2.45) is 17.6 Å². The van der Waals surface area contributed by atoms with Crippen molar-refractivity contribution in [1.29, 1.82) is 0 Å². The first-order valence-corrected chi connectivity index (χ1v) is 9.18. The molecule has 3 aliphatic heterocycles. The molecule has 2 fully saturated rings. The number of aliphatic hydroxyl groups excluding tert-OH is 1. The van der Waals surface area contributed by atoms with Crippen LogP contribution in [0.15, 0.2) is 47.9 Å². The number of fused-ring (bicyclic) bond motifs is 1. The number of hydrogen-bond acceptors (Lipinski definition) is 4. The monoisotopic (exact) mass is 343 g/mol. The summed E-state index contributed by atoms with van der Waals surface area (Å²) in [6.45, 7) is 3.71. The van der Waals surface area contributed by atoms with Crippen molar-refractivity contribution < 1.29 is 15.2 Å². The molecule has 3 unspecified atom stereocenters. The molecule has 5 N–H and O–H groups in total. The van der Waals surface area contributed by atoms with Gasteiger partial charge in [0.25, 0.3) is 0 Å². The third-order valence-corrected chi connectivity index (χ3v) is 5.86. The number of amides is 1. The summed E-state index contributed by atoms with van der Waals surface area (Å²) >= 11 is 0. The Morgan fingerprint density at radius 2 is 2.08 bits per heavy atom. The highest BCUT2D eigenvalue weighted by molar-refractivity contribution is 5.87. The zero-order valence-electron chi connectivity index (χ0n) is 14.4. The zero-order chi connectivity index (χ0) is 17.4. The van der Waals surface area contributed by atoms with Crippen LogP contribution in [0, 0.1) is 11.8 Å². The normalized spacial score (nSPS) is 31.3. The van der Waals surface area contributed by atoms with Crippen LogP contribution in [0.5, 0.6) is 0 Å². The van der Waals surface area contributed by atoms with Crippen LogP contribution in [-0.4, -0.2) is 59.3 Å². The summed E-state index contributed by atoms with van der Waals surface area (Å²) in [5.74, 6) is -0.429. The standard InChI is InChI=1S/C19H26N4O2/c20-18(24)16-5-1-3-13-11-23(19(25)17(13)16)15-6-9-22(10-7-15)12-14-4-2-8-21-14/h1-5,8,15-18,21,24H,6-7,9-12,20H2/p+1. The second kappa shape index (κ2) is 6.88. The molecule has 1 amide bonds. The minimum atomic E-state index is -0.986. The van der Waals surface area contributed by atoms with E-state index in [9.17, 15) is 9.90 Å². The van der Waals surface area contributed by atoms with Gasteiger partial charge >= 0.3 is 0 Å². The molecular weight excluding hydrogens is 316 g/mol. The quantitative estimate of drug-likeness (QED) is 0.588. The van der Waals surface area contributed by atoms with E-state index in [0.717, 1.165) is 38.0 Å². The number of allylic oxidation sites excluding steroid dienone is 4. The second-order valence-electron chi connectivity index (χ2n) is 7.44. The Bertz CT molecular complexity index is 656. The van der Waals surface area contributed by atoms with Crippen molar-refractivity contribution in [2.45, 2.75) is 25.1 Å². The first-order chi connectivity index (χ1) is 12.1. The van der Waals surface area contributed by atoms with Gasteiger partial charge in [0.05, 0.1) is 18.7 Å². The maximum absolute atomic E-state index is 13.0. The fourth-order valence-electron chi connectivity index (χ4n) is 4.48. The third kappa shape index (κ3) is 3.22. The fraction of sp³-hybridized carbons (Fsp3) is 0.526. The van der Waals surface area contributed by atoms with Gasteiger partial charge in [-0.25, -0.2) is 0 Å². The van der Waals surface area contributed by atoms with Crippen LogP contribution in [0.2, 0.25) is 0 Å². The minimum Gasteiger partial charge on any atom is -0.378 e. The average molecular weight is 343 g/mol. The summed E-state index contributed by atoms with van der Waals surface area (Å²) < 4.78 is 0. The van der Waals surface area contributed by atoms with Crippen molar-refractivity contribution in [1.82, 2.24) is 9.80 Å². The van der Waals surface area contributed by atoms with Crippen LogP contribution in [-0.2, 0) is 4.79 Å². The maximum atomic E-state index is 13.0. The van der Waals surface area contributed by atoms with Crippen LogP contribution >= 0.6 is 0 Å². The molecule has 0 aromatic heterocycles. The molecule has 4 rings (SSSR count). The Labute approximate surface area is 148 Å². The lowest BCUT2D eigenvalue weighted by atomic mass is 9.83. The van der Waals surface area contributed by atoms with Gasteiger partial charge in [0, 0.05) is 37.7 Å². The number of piperidine rings is 1. The number of carbonyl (C=O) groups is 1. The van der Waals surface area contributed by atoms with Gasteiger partial charge in [-0.1, -0.05) is 18.2 Å². The van der Waals surface area contributed by atoms with E-state index in [0.29, 0.717) is 12.6 Å². The van der Waals surface area contributed by atoms with Gasteiger partial charge in [0.15, 0.2) is 0 Å². The lowest BCUT2D eigenvalue weighted by Gasteiger charge is -2.36. The number of quaternary nitrogens is 1. The summed E-state index contributed by atoms with van der Waals surface area (Å²) in [5.41, 5.74) is 8.15. The summed E-state index contributed by atoms with van der Waals surface area (Å²) in [6, 6.07) is 0.297. The van der Waals surface area contributed by atoms with Crippen molar-refractivity contribution >= 4 is 5.91 Å². The van der Waals surface area contributed by atoms with Crippen molar-refractivity contribution in [2.75, 3.05) is 26.2 Å². The first-order valence-electron chi connectivity index (χ1n) is 9.18. The van der Waals surface area contributed by atoms with E-state index in [2.05, 4.69) is 28.6 Å². The smallest absolute Gasteiger partial charge is 0.231 e. The molecule has 0 bridgehead atoms. The van der Waals surface area contributed by atoms with Gasteiger partial charge < -0.3 is 15.7 Å². The van der Waals surface area contributed by atoms with Crippen LogP contribution in [0.1, 0.15) is 12.8 Å². The summed E-state index contributed by atoms with van der Waals surface area (Å²) in [6.07, 6.45) is 13.2. The minimum absolute atomic E-state index is 0.139. The molecule has 0 spiro atoms. The predicted octanol–water partition coefficient (Wildman–Crippen LogP) is -0.727. The number of nitrogens with two attached hydrogens (primary N) is 2. The van der Waals surface area contributed by atoms with Crippen LogP contribution in [0.25, 0.3) is 0 Å². The highest BCUT2D eigenvalue weighted by atomic mass is 16.3. The van der Waals surface area contributed by atoms with Gasteiger partial charge in [0.2, 0.25) is 5.91 Å². The number of nitrogens with zero attached hydrogens (tertiary/aromatic N) is 2. The Balaban J connectivity index is 1.37. The number of carbonyl (C=O) groups excluding carboxylic acids is 1. The molecule has 0 aromatic carbocycles. The largest absolute Gasteiger partial charge is 0.378 e. The third-order valence-electron chi connectivity index (χ3n) is 5.86. The van der Waals surface area contributed by atoms with Crippen LogP contribution < -0.4 is 11.1 Å². The molecular formula is C19H27N4O2+. The highest BCUT2D eigenvalue weighted by Gasteiger charge is 2.45. The second-order valence-corrected chi connectivity index (χ2v) is 7.44. The Morgan fingerprint density at radius 3 is 2.76 bits per heavy atom. The maximum Gasteiger partial charge on any atom is 0.231 e. The molecule has 3 heterocycles. The van der Waals surface area contributed by atoms with E-state index in [1.54, 1.807) is 0 Å². The zero-order valence-corrected chi connectivity index (χ0v) is 14.4. The summed E-state index contributed by atoms with van der Waals surface area (Å²) in [7, 11) is 0. The predicted molar refractivity (Wildman–Crippen MR) is 94.7 cm³/mol. The van der Waals surface area contributed by atoms with Gasteiger partial charge in [-0.3, -0.25) is 15.0 Å². The van der Waals surface area contributed by atoms with E-state index in [-0.39, 0.29) is 17.7 Å². The number of likely N-dealkylation sites (tertiary alicyclic amines) is 2. The fourth-order valence-corrected chi connectivity index (χ4v) is 4.48. The SMILES string of the molecule is NC(O)C1C=CC=C2CN(C3CCN(CC4=CC=C[NH2+]4)CC3)C(=O)C21. The topological polar surface area (TPSA) is 86.4 Å². The van der Waals surface area contributed by atoms with Crippen LogP contribution in [0.4, 0.5) is 0 Å². The summed E-state index contributed by atoms with van der Waals surface area (Å²) in [5, 5.41) is 12.0. The van der Waals surface area contributed by atoms with E-state index in [4.69, 9.17) is 5.73 Å². The van der Waals surface area contributed by atoms with E-state index in [1.165, 1.54) is 5.70 Å². The van der Waals surface area contributed by atoms with E-state index >= 15 is 0 Å². The highest BCUT2D eigenvalue weighted by Crippen LogP contribution is 2.37. The molecule has 1 aliphatic carbocycles. The molecule has 25 heavy (non-hydrogen) atoms. The van der Waals surface area contributed by atoms with Gasteiger partial charge in [0.1, 0.15) is 11.9 Å². The molecule has 4 aliphatic rings. The number of aliphatic hydroxyl groups is 1. The number of rotatable bonds is 4. The molecule has 3 atom stereocenters. The van der Waals surface area contributed by atoms with Gasteiger partial charge in [-0.2, -0.15) is 0 Å². The molecule has 134 valence electrons. The lowest BCUT2D eigenvalue weighted by molar-refractivity contribution is -0.533. The lowest BCUT2D eigenvalue weighted by Crippen LogP contribution is -2.75. The molecule has 6 heteroatoms. The van der Waals surface area contributed by atoms with Crippen LogP contribution in [0.3, 0.4) is 0 Å². The van der Waals surface area contributed by atoms with E-state index in [1.807, 2.05) is 23.1 Å². The summed E-state index contributed by atoms with van der Waals surface area (Å²) in [4.78, 5) is 17.5. The average Bonchev–Trinajstić information content (AvgIpc) is 3.24. The van der Waals surface area contributed by atoms with Crippen molar-refractivity contribution in [3.05, 3.63) is 47.9 Å². The van der Waals surface area contributed by atoms with Crippen molar-refractivity contribution in [3.63, 3.8) is 0 Å². The Hall–Kier alpha value is -1.73. The molecule has 0 radical (unpaired) electrons. The number of hydrogen-bond donors (Lipinski definition) is 3. The Kier molecular flexibility index (Phi) is 4.60. The molecule has 6 nitrogen and oxygen atoms in total.